The van der Waals surface area contributed by atoms with Crippen molar-refractivity contribution in [3.63, 3.8) is 0 Å². The highest BCUT2D eigenvalue weighted by Crippen LogP contribution is 2.12. The van der Waals surface area contributed by atoms with Crippen molar-refractivity contribution in [1.29, 1.82) is 0 Å². The summed E-state index contributed by atoms with van der Waals surface area (Å²) in [6.07, 6.45) is 4.75. The second-order valence-electron chi connectivity index (χ2n) is 3.36. The van der Waals surface area contributed by atoms with Crippen LogP contribution in [0.1, 0.15) is 32.6 Å². The number of unbranched alkanes of at least 4 members (excludes halogenated alkanes) is 2. The van der Waals surface area contributed by atoms with E-state index in [2.05, 4.69) is 6.92 Å². The molecule has 0 aliphatic carbocycles. The number of carbonyl (C=O) groups excluding carboxylic acids is 2. The highest BCUT2D eigenvalue weighted by atomic mass is 16.3. The number of amides is 2. The van der Waals surface area contributed by atoms with Gasteiger partial charge in [-0.1, -0.05) is 19.8 Å². The van der Waals surface area contributed by atoms with E-state index in [0.29, 0.717) is 6.42 Å². The van der Waals surface area contributed by atoms with Gasteiger partial charge in [0.15, 0.2) is 0 Å². The van der Waals surface area contributed by atoms with Crippen LogP contribution in [0.5, 0.6) is 0 Å². The monoisotopic (exact) mass is 197 g/mol. The summed E-state index contributed by atoms with van der Waals surface area (Å²) >= 11 is 0. The zero-order valence-corrected chi connectivity index (χ0v) is 8.27. The Morgan fingerprint density at radius 1 is 1.29 bits per heavy atom. The lowest BCUT2D eigenvalue weighted by Crippen LogP contribution is -2.39. The average Bonchev–Trinajstić information content (AvgIpc) is 2.46. The first-order chi connectivity index (χ1) is 6.66. The molecule has 0 saturated heterocycles. The van der Waals surface area contributed by atoms with Crippen molar-refractivity contribution < 1.29 is 14.7 Å². The number of carbonyl (C=O) groups is 2. The van der Waals surface area contributed by atoms with E-state index in [4.69, 9.17) is 0 Å². The van der Waals surface area contributed by atoms with E-state index in [-0.39, 0.29) is 0 Å². The molecule has 1 rings (SSSR count). The fourth-order valence-electron chi connectivity index (χ4n) is 1.41. The topological polar surface area (TPSA) is 57.6 Å². The van der Waals surface area contributed by atoms with E-state index in [0.717, 1.165) is 24.2 Å². The van der Waals surface area contributed by atoms with Gasteiger partial charge in [-0.2, -0.15) is 0 Å². The molecule has 4 heteroatoms. The van der Waals surface area contributed by atoms with E-state index in [9.17, 15) is 14.7 Å². The number of hydrogen-bond donors (Lipinski definition) is 1. The van der Waals surface area contributed by atoms with Gasteiger partial charge < -0.3 is 5.11 Å². The van der Waals surface area contributed by atoms with Crippen molar-refractivity contribution in [2.45, 2.75) is 38.8 Å². The summed E-state index contributed by atoms with van der Waals surface area (Å²) in [7, 11) is 0. The molecule has 2 amide bonds. The van der Waals surface area contributed by atoms with Gasteiger partial charge in [0, 0.05) is 12.2 Å². The Morgan fingerprint density at radius 2 is 1.86 bits per heavy atom. The van der Waals surface area contributed by atoms with Gasteiger partial charge in [0.05, 0.1) is 0 Å². The smallest absolute Gasteiger partial charge is 0.255 e. The number of hydrogen-bond acceptors (Lipinski definition) is 3. The van der Waals surface area contributed by atoms with Crippen molar-refractivity contribution in [1.82, 2.24) is 4.90 Å². The van der Waals surface area contributed by atoms with Crippen LogP contribution < -0.4 is 0 Å². The highest BCUT2D eigenvalue weighted by Gasteiger charge is 2.29. The van der Waals surface area contributed by atoms with E-state index >= 15 is 0 Å². The van der Waals surface area contributed by atoms with Gasteiger partial charge in [0.1, 0.15) is 6.23 Å². The summed E-state index contributed by atoms with van der Waals surface area (Å²) in [4.78, 5) is 23.1. The first-order valence-electron chi connectivity index (χ1n) is 4.90. The number of aliphatic hydroxyl groups excluding tert-OH is 1. The van der Waals surface area contributed by atoms with Crippen LogP contribution in [0.15, 0.2) is 12.2 Å². The van der Waals surface area contributed by atoms with Crippen LogP contribution in [0.25, 0.3) is 0 Å². The van der Waals surface area contributed by atoms with Crippen molar-refractivity contribution in [2.24, 2.45) is 0 Å². The van der Waals surface area contributed by atoms with Crippen molar-refractivity contribution in [3.8, 4) is 0 Å². The molecule has 0 fully saturated rings. The van der Waals surface area contributed by atoms with Crippen LogP contribution in [0, 0.1) is 0 Å². The maximum absolute atomic E-state index is 11.1. The molecule has 0 aromatic rings. The van der Waals surface area contributed by atoms with Gasteiger partial charge in [-0.05, 0) is 12.8 Å². The minimum Gasteiger partial charge on any atom is -0.373 e. The molecule has 1 atom stereocenters. The predicted molar refractivity (Wildman–Crippen MR) is 51.1 cm³/mol. The number of aliphatic hydroxyl groups is 1. The van der Waals surface area contributed by atoms with Crippen molar-refractivity contribution >= 4 is 11.8 Å². The molecule has 0 aromatic carbocycles. The lowest BCUT2D eigenvalue weighted by Gasteiger charge is -2.20. The third-order valence-corrected chi connectivity index (χ3v) is 2.21. The lowest BCUT2D eigenvalue weighted by atomic mass is 10.2. The summed E-state index contributed by atoms with van der Waals surface area (Å²) in [5.74, 6) is -0.835. The Hall–Kier alpha value is -1.16. The Morgan fingerprint density at radius 3 is 2.36 bits per heavy atom. The maximum Gasteiger partial charge on any atom is 0.255 e. The maximum atomic E-state index is 11.1. The second-order valence-corrected chi connectivity index (χ2v) is 3.36. The summed E-state index contributed by atoms with van der Waals surface area (Å²) in [5.41, 5.74) is 0. The molecular formula is C10H15NO3. The minimum absolute atomic E-state index is 0.418. The van der Waals surface area contributed by atoms with Crippen LogP contribution in [-0.4, -0.2) is 28.0 Å². The van der Waals surface area contributed by atoms with Crippen LogP contribution in [-0.2, 0) is 9.59 Å². The third-order valence-electron chi connectivity index (χ3n) is 2.21. The molecule has 1 aliphatic heterocycles. The molecule has 0 spiro atoms. The van der Waals surface area contributed by atoms with Gasteiger partial charge in [-0.3, -0.25) is 9.59 Å². The summed E-state index contributed by atoms with van der Waals surface area (Å²) < 4.78 is 0. The third kappa shape index (κ3) is 2.42. The average molecular weight is 197 g/mol. The number of rotatable bonds is 5. The van der Waals surface area contributed by atoms with Crippen LogP contribution in [0.3, 0.4) is 0 Å². The largest absolute Gasteiger partial charge is 0.373 e. The Balaban J connectivity index is 2.40. The quantitative estimate of drug-likeness (QED) is 0.524. The summed E-state index contributed by atoms with van der Waals surface area (Å²) in [5, 5.41) is 9.56. The summed E-state index contributed by atoms with van der Waals surface area (Å²) in [6.45, 7) is 2.06. The number of imide groups is 1. The second kappa shape index (κ2) is 4.91. The van der Waals surface area contributed by atoms with Gasteiger partial charge in [0.2, 0.25) is 0 Å². The van der Waals surface area contributed by atoms with E-state index < -0.39 is 18.0 Å². The fraction of sp³-hybridized carbons (Fsp3) is 0.600. The van der Waals surface area contributed by atoms with E-state index in [1.165, 1.54) is 12.2 Å². The molecular weight excluding hydrogens is 182 g/mol. The van der Waals surface area contributed by atoms with Gasteiger partial charge >= 0.3 is 0 Å². The molecule has 1 unspecified atom stereocenters. The van der Waals surface area contributed by atoms with E-state index in [1.807, 2.05) is 0 Å². The van der Waals surface area contributed by atoms with Crippen molar-refractivity contribution in [2.75, 3.05) is 0 Å². The Bertz CT molecular complexity index is 242. The molecule has 1 aliphatic rings. The zero-order valence-electron chi connectivity index (χ0n) is 8.27. The van der Waals surface area contributed by atoms with Gasteiger partial charge in [0.25, 0.3) is 11.8 Å². The molecule has 14 heavy (non-hydrogen) atoms. The Kier molecular flexibility index (Phi) is 3.83. The molecule has 0 aromatic heterocycles. The predicted octanol–water partition coefficient (Wildman–Crippen LogP) is 0.810. The minimum atomic E-state index is -0.962. The first-order valence-corrected chi connectivity index (χ1v) is 4.90. The SMILES string of the molecule is CCCCCC(O)N1C(=O)C=CC1=O. The lowest BCUT2D eigenvalue weighted by molar-refractivity contribution is -0.148. The molecule has 78 valence electrons. The van der Waals surface area contributed by atoms with E-state index in [1.54, 1.807) is 0 Å². The molecule has 0 radical (unpaired) electrons. The Labute approximate surface area is 83.2 Å². The van der Waals surface area contributed by atoms with Crippen LogP contribution in [0.2, 0.25) is 0 Å². The molecule has 4 nitrogen and oxygen atoms in total. The standard InChI is InChI=1S/C10H15NO3/c1-2-3-4-5-8(12)11-9(13)6-7-10(11)14/h6-8,12H,2-5H2,1H3. The molecule has 1 N–H and O–H groups in total. The number of nitrogens with zero attached hydrogens (tertiary/aromatic N) is 1. The normalized spacial score (nSPS) is 18.0. The van der Waals surface area contributed by atoms with Crippen molar-refractivity contribution in [3.05, 3.63) is 12.2 Å². The van der Waals surface area contributed by atoms with Crippen LogP contribution >= 0.6 is 0 Å². The summed E-state index contributed by atoms with van der Waals surface area (Å²) in [6, 6.07) is 0. The van der Waals surface area contributed by atoms with Crippen LogP contribution in [0.4, 0.5) is 0 Å². The zero-order chi connectivity index (χ0) is 10.6. The fourth-order valence-corrected chi connectivity index (χ4v) is 1.41. The molecule has 1 heterocycles. The molecule has 0 saturated carbocycles. The van der Waals surface area contributed by atoms with Gasteiger partial charge in [-0.25, -0.2) is 4.90 Å². The molecule has 0 bridgehead atoms. The first kappa shape index (κ1) is 10.9. The van der Waals surface area contributed by atoms with Gasteiger partial charge in [-0.15, -0.1) is 0 Å². The highest BCUT2D eigenvalue weighted by molar-refractivity contribution is 6.13.